The molecule has 0 aliphatic carbocycles. The number of nitrogens with one attached hydrogen (secondary N) is 2. The third-order valence-corrected chi connectivity index (χ3v) is 5.64. The highest BCUT2D eigenvalue weighted by molar-refractivity contribution is 6.00. The van der Waals surface area contributed by atoms with Gasteiger partial charge in [-0.1, -0.05) is 13.0 Å². The van der Waals surface area contributed by atoms with Crippen LogP contribution in [-0.4, -0.2) is 42.8 Å². The molecule has 2 atom stereocenters. The van der Waals surface area contributed by atoms with Crippen LogP contribution in [0.15, 0.2) is 18.3 Å². The fourth-order valence-corrected chi connectivity index (χ4v) is 3.87. The first kappa shape index (κ1) is 18.4. The molecular formula is C19H26N4O3. The van der Waals surface area contributed by atoms with Gasteiger partial charge < -0.3 is 10.2 Å². The molecule has 3 rings (SSSR count). The Hall–Kier alpha value is -2.44. The molecule has 2 saturated heterocycles. The van der Waals surface area contributed by atoms with Gasteiger partial charge in [0.2, 0.25) is 17.7 Å². The lowest BCUT2D eigenvalue weighted by atomic mass is 9.85. The van der Waals surface area contributed by atoms with Gasteiger partial charge in [-0.3, -0.25) is 19.7 Å². The molecule has 1 aromatic rings. The number of pyridine rings is 1. The summed E-state index contributed by atoms with van der Waals surface area (Å²) >= 11 is 0. The van der Waals surface area contributed by atoms with Crippen LogP contribution >= 0.6 is 0 Å². The Kier molecular flexibility index (Phi) is 5.54. The lowest BCUT2D eigenvalue weighted by molar-refractivity contribution is -0.134. The molecule has 2 unspecified atom stereocenters. The van der Waals surface area contributed by atoms with E-state index in [1.807, 2.05) is 19.1 Å². The molecule has 2 aliphatic heterocycles. The first-order valence-corrected chi connectivity index (χ1v) is 9.25. The third-order valence-electron chi connectivity index (χ3n) is 5.64. The minimum atomic E-state index is -0.298. The zero-order valence-electron chi connectivity index (χ0n) is 15.3. The minimum absolute atomic E-state index is 0.0324. The molecule has 2 fully saturated rings. The summed E-state index contributed by atoms with van der Waals surface area (Å²) in [5.41, 5.74) is 0.849. The number of hydrogen-bond donors (Lipinski definition) is 2. The largest absolute Gasteiger partial charge is 0.359 e. The quantitative estimate of drug-likeness (QED) is 0.789. The highest BCUT2D eigenvalue weighted by atomic mass is 16.2. The summed E-state index contributed by atoms with van der Waals surface area (Å²) in [5.74, 6) is 0.694. The summed E-state index contributed by atoms with van der Waals surface area (Å²) in [4.78, 5) is 41.8. The van der Waals surface area contributed by atoms with Gasteiger partial charge in [0.25, 0.3) is 0 Å². The molecular weight excluding hydrogens is 332 g/mol. The van der Waals surface area contributed by atoms with Crippen LogP contribution in [0.4, 0.5) is 5.82 Å². The second kappa shape index (κ2) is 7.85. The average molecular weight is 358 g/mol. The molecule has 140 valence electrons. The van der Waals surface area contributed by atoms with Crippen molar-refractivity contribution in [2.75, 3.05) is 25.0 Å². The van der Waals surface area contributed by atoms with E-state index in [0.29, 0.717) is 18.8 Å². The smallest absolute Gasteiger partial charge is 0.234 e. The first-order chi connectivity index (χ1) is 12.5. The highest BCUT2D eigenvalue weighted by Crippen LogP contribution is 2.29. The van der Waals surface area contributed by atoms with E-state index in [4.69, 9.17) is 0 Å². The molecule has 3 amide bonds. The predicted octanol–water partition coefficient (Wildman–Crippen LogP) is 1.20. The highest BCUT2D eigenvalue weighted by Gasteiger charge is 2.30. The zero-order valence-corrected chi connectivity index (χ0v) is 15.3. The van der Waals surface area contributed by atoms with Crippen LogP contribution in [0, 0.1) is 11.8 Å². The maximum atomic E-state index is 12.0. The van der Waals surface area contributed by atoms with Gasteiger partial charge in [-0.15, -0.1) is 0 Å². The molecule has 1 aromatic heterocycles. The van der Waals surface area contributed by atoms with Crippen molar-refractivity contribution in [3.05, 3.63) is 23.9 Å². The topological polar surface area (TPSA) is 91.4 Å². The van der Waals surface area contributed by atoms with Crippen molar-refractivity contribution in [2.24, 2.45) is 11.8 Å². The number of rotatable bonds is 4. The van der Waals surface area contributed by atoms with Crippen molar-refractivity contribution in [2.45, 2.75) is 38.5 Å². The van der Waals surface area contributed by atoms with E-state index in [1.165, 1.54) is 0 Å². The Balaban J connectivity index is 1.59. The number of carbonyl (C=O) groups excluding carboxylic acids is 3. The molecule has 0 aromatic carbocycles. The van der Waals surface area contributed by atoms with E-state index < -0.39 is 0 Å². The Labute approximate surface area is 153 Å². The summed E-state index contributed by atoms with van der Waals surface area (Å²) in [6, 6.07) is 3.88. The minimum Gasteiger partial charge on any atom is -0.359 e. The molecule has 7 nitrogen and oxygen atoms in total. The Morgan fingerprint density at radius 2 is 2.00 bits per heavy atom. The number of nitrogens with zero attached hydrogens (tertiary/aromatic N) is 2. The van der Waals surface area contributed by atoms with Gasteiger partial charge in [-0.05, 0) is 36.8 Å². The van der Waals surface area contributed by atoms with Crippen LogP contribution in [0.3, 0.4) is 0 Å². The number of imide groups is 1. The molecule has 3 heterocycles. The van der Waals surface area contributed by atoms with E-state index in [1.54, 1.807) is 13.2 Å². The fourth-order valence-electron chi connectivity index (χ4n) is 3.87. The number of hydrogen-bond acceptors (Lipinski definition) is 5. The molecule has 2 aliphatic rings. The van der Waals surface area contributed by atoms with Crippen molar-refractivity contribution >= 4 is 23.5 Å². The van der Waals surface area contributed by atoms with Crippen molar-refractivity contribution in [1.82, 2.24) is 15.6 Å². The molecule has 26 heavy (non-hydrogen) atoms. The summed E-state index contributed by atoms with van der Waals surface area (Å²) < 4.78 is 0. The van der Waals surface area contributed by atoms with Gasteiger partial charge in [0, 0.05) is 38.7 Å². The van der Waals surface area contributed by atoms with Crippen LogP contribution in [-0.2, 0) is 14.4 Å². The number of piperidine rings is 2. The SMILES string of the molecule is CNC(=O)C(C)C1CCN(c2ccc(C3CCC(=O)NC3=O)cn2)CC1. The van der Waals surface area contributed by atoms with Crippen molar-refractivity contribution in [1.29, 1.82) is 0 Å². The van der Waals surface area contributed by atoms with Crippen LogP contribution in [0.1, 0.15) is 44.1 Å². The van der Waals surface area contributed by atoms with Crippen LogP contribution in [0.5, 0.6) is 0 Å². The van der Waals surface area contributed by atoms with Gasteiger partial charge in [0.15, 0.2) is 0 Å². The average Bonchev–Trinajstić information content (AvgIpc) is 2.67. The van der Waals surface area contributed by atoms with E-state index in [-0.39, 0.29) is 29.6 Å². The van der Waals surface area contributed by atoms with E-state index in [9.17, 15) is 14.4 Å². The van der Waals surface area contributed by atoms with Crippen molar-refractivity contribution < 1.29 is 14.4 Å². The molecule has 0 spiro atoms. The number of aromatic nitrogens is 1. The van der Waals surface area contributed by atoms with Gasteiger partial charge >= 0.3 is 0 Å². The Morgan fingerprint density at radius 1 is 1.27 bits per heavy atom. The lowest BCUT2D eigenvalue weighted by Gasteiger charge is -2.35. The Bertz CT molecular complexity index is 681. The van der Waals surface area contributed by atoms with Crippen LogP contribution < -0.4 is 15.5 Å². The second-order valence-corrected chi connectivity index (χ2v) is 7.18. The summed E-state index contributed by atoms with van der Waals surface area (Å²) in [7, 11) is 1.68. The number of anilines is 1. The monoisotopic (exact) mass is 358 g/mol. The molecule has 7 heteroatoms. The first-order valence-electron chi connectivity index (χ1n) is 9.25. The fraction of sp³-hybridized carbons (Fsp3) is 0.579. The van der Waals surface area contributed by atoms with E-state index in [2.05, 4.69) is 20.5 Å². The third kappa shape index (κ3) is 3.86. The summed E-state index contributed by atoms with van der Waals surface area (Å²) in [5, 5.41) is 5.12. The molecule has 0 saturated carbocycles. The summed E-state index contributed by atoms with van der Waals surface area (Å²) in [6.07, 6.45) is 4.58. The van der Waals surface area contributed by atoms with Gasteiger partial charge in [-0.25, -0.2) is 4.98 Å². The molecule has 2 N–H and O–H groups in total. The maximum Gasteiger partial charge on any atom is 0.234 e. The Morgan fingerprint density at radius 3 is 2.58 bits per heavy atom. The predicted molar refractivity (Wildman–Crippen MR) is 97.5 cm³/mol. The molecule has 0 radical (unpaired) electrons. The normalized spacial score (nSPS) is 22.7. The van der Waals surface area contributed by atoms with Crippen molar-refractivity contribution in [3.8, 4) is 0 Å². The van der Waals surface area contributed by atoms with Crippen molar-refractivity contribution in [3.63, 3.8) is 0 Å². The van der Waals surface area contributed by atoms with Gasteiger partial charge in [0.1, 0.15) is 5.82 Å². The van der Waals surface area contributed by atoms with Crippen LogP contribution in [0.2, 0.25) is 0 Å². The van der Waals surface area contributed by atoms with Gasteiger partial charge in [0.05, 0.1) is 5.92 Å². The number of carbonyl (C=O) groups is 3. The maximum absolute atomic E-state index is 12.0. The molecule has 0 bridgehead atoms. The zero-order chi connectivity index (χ0) is 18.7. The summed E-state index contributed by atoms with van der Waals surface area (Å²) in [6.45, 7) is 3.74. The number of amides is 3. The van der Waals surface area contributed by atoms with E-state index in [0.717, 1.165) is 37.3 Å². The second-order valence-electron chi connectivity index (χ2n) is 7.18. The van der Waals surface area contributed by atoms with E-state index >= 15 is 0 Å². The van der Waals surface area contributed by atoms with Gasteiger partial charge in [-0.2, -0.15) is 0 Å². The van der Waals surface area contributed by atoms with Crippen LogP contribution in [0.25, 0.3) is 0 Å². The standard InChI is InChI=1S/C19H26N4O3/c1-12(18(25)20-2)13-7-9-23(10-8-13)16-5-3-14(11-21-16)15-4-6-17(24)22-19(15)26/h3,5,11-13,15H,4,6-10H2,1-2H3,(H,20,25)(H,22,24,26). The lowest BCUT2D eigenvalue weighted by Crippen LogP contribution is -2.40.